The van der Waals surface area contributed by atoms with Gasteiger partial charge in [-0.15, -0.1) is 0 Å². The van der Waals surface area contributed by atoms with Gasteiger partial charge < -0.3 is 25.6 Å². The lowest BCUT2D eigenvalue weighted by Gasteiger charge is -2.18. The van der Waals surface area contributed by atoms with Crippen molar-refractivity contribution in [1.29, 1.82) is 0 Å². The Bertz CT molecular complexity index is 1120. The van der Waals surface area contributed by atoms with Crippen molar-refractivity contribution < 1.29 is 24.2 Å². The highest BCUT2D eigenvalue weighted by atomic mass is 16.5. The van der Waals surface area contributed by atoms with Crippen LogP contribution in [0, 0.1) is 0 Å². The molecule has 0 aliphatic rings. The number of benzene rings is 3. The molecule has 0 spiro atoms. The van der Waals surface area contributed by atoms with Crippen molar-refractivity contribution >= 4 is 17.6 Å². The molecule has 4 N–H and O–H groups in total. The minimum atomic E-state index is -0.772. The fraction of sp³-hybridized carbons (Fsp3) is 0.310. The smallest absolute Gasteiger partial charge is 0.328 e. The minimum Gasteiger partial charge on any atom is -0.508 e. The van der Waals surface area contributed by atoms with Gasteiger partial charge in [0, 0.05) is 12.0 Å². The highest BCUT2D eigenvalue weighted by Crippen LogP contribution is 2.23. The number of carbonyl (C=O) groups is 2. The summed E-state index contributed by atoms with van der Waals surface area (Å²) in [6, 6.07) is 20.7. The number of nitrogens with two attached hydrogens (primary N) is 1. The van der Waals surface area contributed by atoms with Gasteiger partial charge in [0.15, 0.2) is 0 Å². The van der Waals surface area contributed by atoms with Gasteiger partial charge in [0.1, 0.15) is 17.5 Å². The van der Waals surface area contributed by atoms with Crippen LogP contribution in [0.25, 0.3) is 0 Å². The Morgan fingerprint density at radius 2 is 1.67 bits per heavy atom. The largest absolute Gasteiger partial charge is 0.508 e. The molecule has 0 heterocycles. The van der Waals surface area contributed by atoms with Crippen molar-refractivity contribution in [3.05, 3.63) is 89.5 Å². The van der Waals surface area contributed by atoms with Crippen molar-refractivity contribution in [2.45, 2.75) is 45.1 Å². The monoisotopic (exact) mass is 490 g/mol. The van der Waals surface area contributed by atoms with E-state index >= 15 is 0 Å². The van der Waals surface area contributed by atoms with Crippen LogP contribution in [0.5, 0.6) is 11.5 Å². The number of amides is 1. The zero-order valence-corrected chi connectivity index (χ0v) is 20.6. The number of esters is 1. The van der Waals surface area contributed by atoms with E-state index in [0.29, 0.717) is 49.5 Å². The van der Waals surface area contributed by atoms with Crippen LogP contribution >= 0.6 is 0 Å². The molecule has 1 unspecified atom stereocenters. The molecule has 0 bridgehead atoms. The molecule has 0 fully saturated rings. The van der Waals surface area contributed by atoms with Gasteiger partial charge in [0.2, 0.25) is 0 Å². The summed E-state index contributed by atoms with van der Waals surface area (Å²) in [6.45, 7) is 2.70. The Morgan fingerprint density at radius 1 is 0.944 bits per heavy atom. The molecule has 1 amide bonds. The lowest BCUT2D eigenvalue weighted by atomic mass is 10.0. The zero-order chi connectivity index (χ0) is 25.8. The maximum atomic E-state index is 13.1. The van der Waals surface area contributed by atoms with Crippen LogP contribution in [-0.4, -0.2) is 36.2 Å². The highest BCUT2D eigenvalue weighted by Gasteiger charge is 2.23. The topological polar surface area (TPSA) is 111 Å². The molecular weight excluding hydrogens is 456 g/mol. The number of phenols is 1. The summed E-state index contributed by atoms with van der Waals surface area (Å²) >= 11 is 0. The predicted octanol–water partition coefficient (Wildman–Crippen LogP) is 4.67. The molecule has 0 radical (unpaired) electrons. The summed E-state index contributed by atoms with van der Waals surface area (Å²) in [5.41, 5.74) is 8.89. The first-order chi connectivity index (χ1) is 17.5. The second-order valence-electron chi connectivity index (χ2n) is 8.59. The normalized spacial score (nSPS) is 11.5. The Hall–Kier alpha value is -4.00. The second-order valence-corrected chi connectivity index (χ2v) is 8.59. The van der Waals surface area contributed by atoms with Crippen molar-refractivity contribution in [3.8, 4) is 11.5 Å². The molecule has 3 aromatic carbocycles. The SMILES string of the molecule is CCCCOC(=O)C(CCc1ccccc1)NC(=O)c1ccc(N)c(OCCc2ccc(O)cc2)c1. The zero-order valence-electron chi connectivity index (χ0n) is 20.6. The number of anilines is 1. The van der Waals surface area contributed by atoms with Gasteiger partial charge in [0.05, 0.1) is 18.9 Å². The summed E-state index contributed by atoms with van der Waals surface area (Å²) in [7, 11) is 0. The number of aryl methyl sites for hydroxylation is 1. The van der Waals surface area contributed by atoms with E-state index in [1.165, 1.54) is 0 Å². The van der Waals surface area contributed by atoms with E-state index in [9.17, 15) is 14.7 Å². The number of phenolic OH excluding ortho intramolecular Hbond substituents is 1. The first-order valence-electron chi connectivity index (χ1n) is 12.3. The lowest BCUT2D eigenvalue weighted by Crippen LogP contribution is -2.42. The third-order valence-electron chi connectivity index (χ3n) is 5.76. The van der Waals surface area contributed by atoms with E-state index < -0.39 is 17.9 Å². The number of aromatic hydroxyl groups is 1. The number of hydrogen-bond donors (Lipinski definition) is 3. The molecule has 36 heavy (non-hydrogen) atoms. The number of carbonyl (C=O) groups excluding carboxylic acids is 2. The van der Waals surface area contributed by atoms with Gasteiger partial charge in [-0.2, -0.15) is 0 Å². The maximum absolute atomic E-state index is 13.1. The van der Waals surface area contributed by atoms with Crippen LogP contribution in [0.3, 0.4) is 0 Å². The predicted molar refractivity (Wildman–Crippen MR) is 140 cm³/mol. The maximum Gasteiger partial charge on any atom is 0.328 e. The molecule has 3 aromatic rings. The highest BCUT2D eigenvalue weighted by molar-refractivity contribution is 5.97. The molecule has 0 aliphatic carbocycles. The number of unbranched alkanes of at least 4 members (excludes halogenated alkanes) is 1. The standard InChI is InChI=1S/C29H34N2O5/c1-2-3-18-36-29(34)26(16-11-21-7-5-4-6-8-21)31-28(33)23-12-15-25(30)27(20-23)35-19-17-22-9-13-24(32)14-10-22/h4-10,12-15,20,26,32H,2-3,11,16-19,30H2,1H3,(H,31,33). The van der Waals surface area contributed by atoms with E-state index in [4.69, 9.17) is 15.2 Å². The van der Waals surface area contributed by atoms with Gasteiger partial charge in [-0.05, 0) is 60.7 Å². The van der Waals surface area contributed by atoms with Gasteiger partial charge in [-0.3, -0.25) is 4.79 Å². The van der Waals surface area contributed by atoms with Gasteiger partial charge in [0.25, 0.3) is 5.91 Å². The molecule has 0 saturated carbocycles. The average Bonchev–Trinajstić information content (AvgIpc) is 2.89. The Morgan fingerprint density at radius 3 is 2.39 bits per heavy atom. The first kappa shape index (κ1) is 26.6. The second kappa shape index (κ2) is 13.8. The number of nitrogen functional groups attached to an aromatic ring is 1. The quantitative estimate of drug-likeness (QED) is 0.182. The fourth-order valence-electron chi connectivity index (χ4n) is 3.61. The summed E-state index contributed by atoms with van der Waals surface area (Å²) < 4.78 is 11.2. The molecule has 0 aromatic heterocycles. The van der Waals surface area contributed by atoms with E-state index in [2.05, 4.69) is 5.32 Å². The lowest BCUT2D eigenvalue weighted by molar-refractivity contribution is -0.146. The first-order valence-corrected chi connectivity index (χ1v) is 12.3. The third kappa shape index (κ3) is 8.34. The number of rotatable bonds is 13. The molecule has 190 valence electrons. The summed E-state index contributed by atoms with van der Waals surface area (Å²) in [5.74, 6) is -0.232. The van der Waals surface area contributed by atoms with Crippen LogP contribution < -0.4 is 15.8 Å². The van der Waals surface area contributed by atoms with E-state index in [1.54, 1.807) is 30.3 Å². The van der Waals surface area contributed by atoms with Gasteiger partial charge >= 0.3 is 5.97 Å². The molecule has 0 saturated heterocycles. The molecule has 7 heteroatoms. The Balaban J connectivity index is 1.64. The number of nitrogens with one attached hydrogen (secondary N) is 1. The van der Waals surface area contributed by atoms with Crippen molar-refractivity contribution in [2.75, 3.05) is 18.9 Å². The Labute approximate surface area is 212 Å². The van der Waals surface area contributed by atoms with Crippen LogP contribution in [0.15, 0.2) is 72.8 Å². The molecule has 3 rings (SSSR count). The van der Waals surface area contributed by atoms with Crippen LogP contribution in [-0.2, 0) is 22.4 Å². The summed E-state index contributed by atoms with van der Waals surface area (Å²) in [6.07, 6.45) is 3.35. The van der Waals surface area contributed by atoms with E-state index in [1.807, 2.05) is 49.4 Å². The third-order valence-corrected chi connectivity index (χ3v) is 5.76. The average molecular weight is 491 g/mol. The molecule has 0 aliphatic heterocycles. The summed E-state index contributed by atoms with van der Waals surface area (Å²) in [4.78, 5) is 25.8. The van der Waals surface area contributed by atoms with Crippen molar-refractivity contribution in [3.63, 3.8) is 0 Å². The van der Waals surface area contributed by atoms with Crippen LogP contribution in [0.2, 0.25) is 0 Å². The van der Waals surface area contributed by atoms with E-state index in [0.717, 1.165) is 24.0 Å². The fourth-order valence-corrected chi connectivity index (χ4v) is 3.61. The Kier molecular flexibility index (Phi) is 10.2. The van der Waals surface area contributed by atoms with Crippen molar-refractivity contribution in [2.24, 2.45) is 0 Å². The molecular formula is C29H34N2O5. The molecule has 1 atom stereocenters. The molecule has 7 nitrogen and oxygen atoms in total. The van der Waals surface area contributed by atoms with Gasteiger partial charge in [-0.1, -0.05) is 55.8 Å². The number of ether oxygens (including phenoxy) is 2. The van der Waals surface area contributed by atoms with Crippen LogP contribution in [0.4, 0.5) is 5.69 Å². The summed E-state index contributed by atoms with van der Waals surface area (Å²) in [5, 5.41) is 12.2. The van der Waals surface area contributed by atoms with Crippen LogP contribution in [0.1, 0.15) is 47.7 Å². The van der Waals surface area contributed by atoms with Gasteiger partial charge in [-0.25, -0.2) is 4.79 Å². The van der Waals surface area contributed by atoms with Crippen molar-refractivity contribution in [1.82, 2.24) is 5.32 Å². The van der Waals surface area contributed by atoms with E-state index in [-0.39, 0.29) is 5.75 Å². The number of hydrogen-bond acceptors (Lipinski definition) is 6. The minimum absolute atomic E-state index is 0.207.